The third kappa shape index (κ3) is 3.68. The predicted molar refractivity (Wildman–Crippen MR) is 65.9 cm³/mol. The Balaban J connectivity index is 2.84. The molecular formula is C12H21N3O. The molecule has 0 saturated heterocycles. The van der Waals surface area contributed by atoms with Gasteiger partial charge < -0.3 is 10.1 Å². The van der Waals surface area contributed by atoms with Gasteiger partial charge in [-0.3, -0.25) is 0 Å². The van der Waals surface area contributed by atoms with Crippen molar-refractivity contribution in [2.24, 2.45) is 0 Å². The lowest BCUT2D eigenvalue weighted by molar-refractivity contribution is 0.395. The van der Waals surface area contributed by atoms with Gasteiger partial charge in [0.2, 0.25) is 5.88 Å². The van der Waals surface area contributed by atoms with E-state index in [1.54, 1.807) is 7.11 Å². The van der Waals surface area contributed by atoms with Crippen LogP contribution in [0.5, 0.6) is 5.88 Å². The molecule has 0 amide bonds. The molecule has 1 N–H and O–H groups in total. The second-order valence-electron chi connectivity index (χ2n) is 4.60. The molecule has 1 aromatic heterocycles. The first-order valence-corrected chi connectivity index (χ1v) is 5.64. The molecule has 1 aromatic rings. The third-order valence-electron chi connectivity index (χ3n) is 2.37. The zero-order valence-electron chi connectivity index (χ0n) is 10.8. The minimum atomic E-state index is 0.0422. The van der Waals surface area contributed by atoms with Gasteiger partial charge in [0.1, 0.15) is 11.6 Å². The standard InChI is InChI=1S/C12H21N3O/c1-6-7-12(3,4)15-10-8-11(16-5)14-9(2)13-10/h8H,6-7H2,1-5H3,(H,13,14,15). The summed E-state index contributed by atoms with van der Waals surface area (Å²) in [4.78, 5) is 8.50. The summed E-state index contributed by atoms with van der Waals surface area (Å²) < 4.78 is 5.12. The molecule has 0 atom stereocenters. The van der Waals surface area contributed by atoms with E-state index in [1.165, 1.54) is 0 Å². The van der Waals surface area contributed by atoms with Crippen LogP contribution in [0.4, 0.5) is 5.82 Å². The maximum absolute atomic E-state index is 5.12. The van der Waals surface area contributed by atoms with Gasteiger partial charge in [-0.05, 0) is 27.2 Å². The van der Waals surface area contributed by atoms with E-state index in [0.29, 0.717) is 11.7 Å². The fourth-order valence-corrected chi connectivity index (χ4v) is 1.74. The fourth-order valence-electron chi connectivity index (χ4n) is 1.74. The molecule has 0 aliphatic heterocycles. The number of nitrogens with zero attached hydrogens (tertiary/aromatic N) is 2. The molecule has 90 valence electrons. The summed E-state index contributed by atoms with van der Waals surface area (Å²) in [6.45, 7) is 8.37. The molecule has 0 aromatic carbocycles. The monoisotopic (exact) mass is 223 g/mol. The SMILES string of the molecule is CCCC(C)(C)Nc1cc(OC)nc(C)n1. The summed E-state index contributed by atoms with van der Waals surface area (Å²) in [7, 11) is 1.61. The van der Waals surface area contributed by atoms with Crippen LogP contribution in [0.1, 0.15) is 39.4 Å². The lowest BCUT2D eigenvalue weighted by Crippen LogP contribution is -2.31. The minimum absolute atomic E-state index is 0.0422. The average Bonchev–Trinajstić information content (AvgIpc) is 2.15. The van der Waals surface area contributed by atoms with Crippen LogP contribution in [0, 0.1) is 6.92 Å². The van der Waals surface area contributed by atoms with Crippen LogP contribution in [-0.4, -0.2) is 22.6 Å². The molecular weight excluding hydrogens is 202 g/mol. The van der Waals surface area contributed by atoms with Crippen molar-refractivity contribution in [3.8, 4) is 5.88 Å². The van der Waals surface area contributed by atoms with Gasteiger partial charge in [-0.1, -0.05) is 13.3 Å². The van der Waals surface area contributed by atoms with Crippen molar-refractivity contribution in [1.82, 2.24) is 9.97 Å². The van der Waals surface area contributed by atoms with E-state index >= 15 is 0 Å². The first-order chi connectivity index (χ1) is 7.46. The van der Waals surface area contributed by atoms with Crippen LogP contribution >= 0.6 is 0 Å². The van der Waals surface area contributed by atoms with Crippen molar-refractivity contribution < 1.29 is 4.74 Å². The van der Waals surface area contributed by atoms with E-state index in [2.05, 4.69) is 36.1 Å². The summed E-state index contributed by atoms with van der Waals surface area (Å²) in [6, 6.07) is 1.82. The molecule has 4 nitrogen and oxygen atoms in total. The van der Waals surface area contributed by atoms with Crippen molar-refractivity contribution in [2.75, 3.05) is 12.4 Å². The molecule has 0 aliphatic carbocycles. The Hall–Kier alpha value is -1.32. The van der Waals surface area contributed by atoms with Gasteiger partial charge in [-0.2, -0.15) is 4.98 Å². The highest BCUT2D eigenvalue weighted by atomic mass is 16.5. The van der Waals surface area contributed by atoms with Crippen LogP contribution in [0.3, 0.4) is 0 Å². The molecule has 0 fully saturated rings. The highest BCUT2D eigenvalue weighted by Crippen LogP contribution is 2.20. The van der Waals surface area contributed by atoms with Crippen molar-refractivity contribution in [1.29, 1.82) is 0 Å². The molecule has 0 bridgehead atoms. The van der Waals surface area contributed by atoms with Gasteiger partial charge in [0.15, 0.2) is 0 Å². The second-order valence-corrected chi connectivity index (χ2v) is 4.60. The lowest BCUT2D eigenvalue weighted by Gasteiger charge is -2.26. The van der Waals surface area contributed by atoms with E-state index in [0.717, 1.165) is 18.7 Å². The third-order valence-corrected chi connectivity index (χ3v) is 2.37. The molecule has 1 rings (SSSR count). The Morgan fingerprint density at radius 2 is 2.06 bits per heavy atom. The first kappa shape index (κ1) is 12.7. The molecule has 16 heavy (non-hydrogen) atoms. The topological polar surface area (TPSA) is 47.0 Å². The van der Waals surface area contributed by atoms with E-state index in [1.807, 2.05) is 13.0 Å². The lowest BCUT2D eigenvalue weighted by atomic mass is 9.99. The molecule has 0 saturated carbocycles. The quantitative estimate of drug-likeness (QED) is 0.833. The van der Waals surface area contributed by atoms with Crippen molar-refractivity contribution in [3.05, 3.63) is 11.9 Å². The molecule has 0 radical (unpaired) electrons. The molecule has 0 spiro atoms. The largest absolute Gasteiger partial charge is 0.481 e. The summed E-state index contributed by atoms with van der Waals surface area (Å²) in [5.41, 5.74) is 0.0422. The fraction of sp³-hybridized carbons (Fsp3) is 0.667. The van der Waals surface area contributed by atoms with E-state index in [4.69, 9.17) is 4.74 Å². The summed E-state index contributed by atoms with van der Waals surface area (Å²) >= 11 is 0. The van der Waals surface area contributed by atoms with Crippen LogP contribution in [0.2, 0.25) is 0 Å². The maximum atomic E-state index is 5.12. The van der Waals surface area contributed by atoms with E-state index in [9.17, 15) is 0 Å². The van der Waals surface area contributed by atoms with Gasteiger partial charge in [0.05, 0.1) is 7.11 Å². The van der Waals surface area contributed by atoms with E-state index < -0.39 is 0 Å². The highest BCUT2D eigenvalue weighted by Gasteiger charge is 2.17. The van der Waals surface area contributed by atoms with Gasteiger partial charge in [-0.25, -0.2) is 4.98 Å². The van der Waals surface area contributed by atoms with Crippen molar-refractivity contribution in [3.63, 3.8) is 0 Å². The van der Waals surface area contributed by atoms with E-state index in [-0.39, 0.29) is 5.54 Å². The number of aromatic nitrogens is 2. The van der Waals surface area contributed by atoms with Gasteiger partial charge in [-0.15, -0.1) is 0 Å². The zero-order chi connectivity index (χ0) is 12.2. The van der Waals surface area contributed by atoms with Crippen molar-refractivity contribution >= 4 is 5.82 Å². The number of hydrogen-bond acceptors (Lipinski definition) is 4. The Morgan fingerprint density at radius 1 is 1.38 bits per heavy atom. The minimum Gasteiger partial charge on any atom is -0.481 e. The molecule has 0 aliphatic rings. The molecule has 4 heteroatoms. The summed E-state index contributed by atoms with van der Waals surface area (Å²) in [5.74, 6) is 2.14. The van der Waals surface area contributed by atoms with Crippen LogP contribution in [0.15, 0.2) is 6.07 Å². The van der Waals surface area contributed by atoms with Crippen LogP contribution < -0.4 is 10.1 Å². The predicted octanol–water partition coefficient (Wildman–Crippen LogP) is 2.78. The van der Waals surface area contributed by atoms with Crippen LogP contribution in [-0.2, 0) is 0 Å². The van der Waals surface area contributed by atoms with Gasteiger partial charge >= 0.3 is 0 Å². The number of rotatable bonds is 5. The highest BCUT2D eigenvalue weighted by molar-refractivity contribution is 5.40. The second kappa shape index (κ2) is 5.14. The Morgan fingerprint density at radius 3 is 2.62 bits per heavy atom. The number of hydrogen-bond donors (Lipinski definition) is 1. The summed E-state index contributed by atoms with van der Waals surface area (Å²) in [5, 5.41) is 3.40. The van der Waals surface area contributed by atoms with Crippen molar-refractivity contribution in [2.45, 2.75) is 46.1 Å². The maximum Gasteiger partial charge on any atom is 0.218 e. The van der Waals surface area contributed by atoms with Gasteiger partial charge in [0.25, 0.3) is 0 Å². The van der Waals surface area contributed by atoms with Gasteiger partial charge in [0, 0.05) is 11.6 Å². The normalized spacial score (nSPS) is 11.3. The van der Waals surface area contributed by atoms with Crippen LogP contribution in [0.25, 0.3) is 0 Å². The number of ether oxygens (including phenoxy) is 1. The Kier molecular flexibility index (Phi) is 4.10. The number of methoxy groups -OCH3 is 1. The number of nitrogens with one attached hydrogen (secondary N) is 1. The number of anilines is 1. The Bertz CT molecular complexity index is 350. The average molecular weight is 223 g/mol. The number of aryl methyl sites for hydroxylation is 1. The molecule has 0 unspecified atom stereocenters. The first-order valence-electron chi connectivity index (χ1n) is 5.64. The summed E-state index contributed by atoms with van der Waals surface area (Å²) in [6.07, 6.45) is 2.24. The Labute approximate surface area is 97.5 Å². The molecule has 1 heterocycles. The smallest absolute Gasteiger partial charge is 0.218 e. The zero-order valence-corrected chi connectivity index (χ0v) is 10.8.